The zero-order valence-corrected chi connectivity index (χ0v) is 19.1. The molecule has 0 fully saturated rings. The van der Waals surface area contributed by atoms with Crippen molar-refractivity contribution in [3.05, 3.63) is 95.3 Å². The fourth-order valence-electron chi connectivity index (χ4n) is 4.19. The maximum Gasteiger partial charge on any atom is 0.260 e. The monoisotopic (exact) mass is 447 g/mol. The van der Waals surface area contributed by atoms with E-state index in [9.17, 15) is 9.18 Å². The number of carbonyl (C=O) groups is 1. The van der Waals surface area contributed by atoms with Crippen LogP contribution in [0.5, 0.6) is 0 Å². The van der Waals surface area contributed by atoms with Crippen LogP contribution in [0.2, 0.25) is 0 Å². The molecule has 0 unspecified atom stereocenters. The number of likely N-dealkylation sites (N-methyl/N-ethyl adjacent to an activating group) is 1. The minimum atomic E-state index is -0.266. The minimum absolute atomic E-state index is 0.000300. The Kier molecular flexibility index (Phi) is 7.37. The lowest BCUT2D eigenvalue weighted by Gasteiger charge is -2.23. The Morgan fingerprint density at radius 2 is 1.85 bits per heavy atom. The Morgan fingerprint density at radius 3 is 2.67 bits per heavy atom. The van der Waals surface area contributed by atoms with Crippen molar-refractivity contribution in [2.24, 2.45) is 0 Å². The molecular formula is C27H30FN3O2. The fourth-order valence-corrected chi connectivity index (χ4v) is 4.19. The largest absolute Gasteiger partial charge is 0.372 e. The molecule has 0 aromatic heterocycles. The lowest BCUT2D eigenvalue weighted by atomic mass is 10.1. The van der Waals surface area contributed by atoms with Gasteiger partial charge in [0.1, 0.15) is 5.82 Å². The molecule has 5 nitrogen and oxygen atoms in total. The highest BCUT2D eigenvalue weighted by Gasteiger charge is 2.25. The van der Waals surface area contributed by atoms with Gasteiger partial charge in [0, 0.05) is 31.5 Å². The molecule has 1 N–H and O–H groups in total. The molecule has 3 aromatic carbocycles. The first-order valence-electron chi connectivity index (χ1n) is 11.3. The molecule has 0 bridgehead atoms. The van der Waals surface area contributed by atoms with Crippen molar-refractivity contribution >= 4 is 17.3 Å². The molecular weight excluding hydrogens is 417 g/mol. The fraction of sp³-hybridized carbons (Fsp3) is 0.296. The molecule has 172 valence electrons. The first-order valence-corrected chi connectivity index (χ1v) is 11.3. The highest BCUT2D eigenvalue weighted by atomic mass is 19.1. The van der Waals surface area contributed by atoms with E-state index in [0.717, 1.165) is 42.0 Å². The third-order valence-electron chi connectivity index (χ3n) is 6.00. The number of hydrogen-bond acceptors (Lipinski definition) is 4. The van der Waals surface area contributed by atoms with E-state index >= 15 is 0 Å². The van der Waals surface area contributed by atoms with Gasteiger partial charge in [0.15, 0.2) is 0 Å². The number of fused-ring (bicyclic) bond motifs is 1. The zero-order chi connectivity index (χ0) is 23.2. The summed E-state index contributed by atoms with van der Waals surface area (Å²) in [5.41, 5.74) is 4.30. The Bertz CT molecular complexity index is 1100. The predicted octanol–water partition coefficient (Wildman–Crippen LogP) is 4.79. The van der Waals surface area contributed by atoms with Gasteiger partial charge < -0.3 is 19.9 Å². The van der Waals surface area contributed by atoms with Crippen molar-refractivity contribution in [1.29, 1.82) is 0 Å². The molecule has 0 aliphatic carbocycles. The van der Waals surface area contributed by atoms with Gasteiger partial charge in [-0.3, -0.25) is 4.79 Å². The summed E-state index contributed by atoms with van der Waals surface area (Å²) < 4.78 is 20.0. The lowest BCUT2D eigenvalue weighted by molar-refractivity contribution is 0.0342. The Hall–Kier alpha value is -3.22. The third-order valence-corrected chi connectivity index (χ3v) is 6.00. The van der Waals surface area contributed by atoms with Crippen LogP contribution < -0.4 is 15.1 Å². The summed E-state index contributed by atoms with van der Waals surface area (Å²) in [6, 6.07) is 22.2. The molecule has 6 heteroatoms. The molecule has 0 saturated carbocycles. The molecule has 1 aliphatic rings. The standard InChI is InChI=1S/C27H30FN3O2/c1-29-14-13-26(21-8-6-9-22(28)18-21)33-19-20-7-5-10-23(17-20)31-16-15-30(2)25-12-4-3-11-24(25)27(31)32/h3-12,17-18,26,29H,13-16,19H2,1-2H3/t26-/m1/s1. The predicted molar refractivity (Wildman–Crippen MR) is 130 cm³/mol. The topological polar surface area (TPSA) is 44.8 Å². The first kappa shape index (κ1) is 23.0. The van der Waals surface area contributed by atoms with Gasteiger partial charge in [0.2, 0.25) is 0 Å². The van der Waals surface area contributed by atoms with Gasteiger partial charge >= 0.3 is 0 Å². The van der Waals surface area contributed by atoms with Crippen LogP contribution in [-0.2, 0) is 11.3 Å². The number of anilines is 2. The number of amides is 1. The second kappa shape index (κ2) is 10.6. The van der Waals surface area contributed by atoms with Crippen molar-refractivity contribution in [3.8, 4) is 0 Å². The molecule has 1 aliphatic heterocycles. The van der Waals surface area contributed by atoms with Crippen LogP contribution in [-0.4, -0.2) is 39.6 Å². The molecule has 0 saturated heterocycles. The van der Waals surface area contributed by atoms with Crippen LogP contribution in [0.4, 0.5) is 15.8 Å². The van der Waals surface area contributed by atoms with E-state index in [1.165, 1.54) is 12.1 Å². The van der Waals surface area contributed by atoms with E-state index in [1.807, 2.05) is 73.6 Å². The highest BCUT2D eigenvalue weighted by molar-refractivity contribution is 6.10. The van der Waals surface area contributed by atoms with Crippen molar-refractivity contribution in [2.75, 3.05) is 43.5 Å². The molecule has 3 aromatic rings. The summed E-state index contributed by atoms with van der Waals surface area (Å²) in [5, 5.41) is 3.13. The van der Waals surface area contributed by atoms with Crippen LogP contribution >= 0.6 is 0 Å². The van der Waals surface area contributed by atoms with Gasteiger partial charge in [-0.25, -0.2) is 4.39 Å². The van der Waals surface area contributed by atoms with Crippen molar-refractivity contribution in [3.63, 3.8) is 0 Å². The molecule has 4 rings (SSSR count). The summed E-state index contributed by atoms with van der Waals surface area (Å²) >= 11 is 0. The van der Waals surface area contributed by atoms with Crippen LogP contribution in [0.15, 0.2) is 72.8 Å². The SMILES string of the molecule is CNCC[C@@H](OCc1cccc(N2CCN(C)c3ccccc3C2=O)c1)c1cccc(F)c1. The molecule has 1 atom stereocenters. The number of carbonyl (C=O) groups excluding carboxylic acids is 1. The second-order valence-corrected chi connectivity index (χ2v) is 8.31. The van der Waals surface area contributed by atoms with Crippen molar-refractivity contribution in [1.82, 2.24) is 5.32 Å². The Morgan fingerprint density at radius 1 is 1.03 bits per heavy atom. The average molecular weight is 448 g/mol. The van der Waals surface area contributed by atoms with E-state index in [0.29, 0.717) is 18.7 Å². The highest BCUT2D eigenvalue weighted by Crippen LogP contribution is 2.28. The van der Waals surface area contributed by atoms with Gasteiger partial charge in [0.25, 0.3) is 5.91 Å². The van der Waals surface area contributed by atoms with Gasteiger partial charge in [-0.15, -0.1) is 0 Å². The van der Waals surface area contributed by atoms with E-state index in [2.05, 4.69) is 10.2 Å². The molecule has 0 radical (unpaired) electrons. The maximum absolute atomic E-state index is 13.8. The number of para-hydroxylation sites is 1. The maximum atomic E-state index is 13.8. The molecule has 0 spiro atoms. The van der Waals surface area contributed by atoms with E-state index < -0.39 is 0 Å². The quantitative estimate of drug-likeness (QED) is 0.539. The van der Waals surface area contributed by atoms with E-state index in [4.69, 9.17) is 4.74 Å². The number of hydrogen-bond donors (Lipinski definition) is 1. The number of ether oxygens (including phenoxy) is 1. The number of halogens is 1. The number of nitrogens with zero attached hydrogens (tertiary/aromatic N) is 2. The van der Waals surface area contributed by atoms with Crippen molar-refractivity contribution in [2.45, 2.75) is 19.1 Å². The Labute approximate surface area is 194 Å². The third kappa shape index (κ3) is 5.41. The lowest BCUT2D eigenvalue weighted by Crippen LogP contribution is -2.33. The normalized spacial score (nSPS) is 14.7. The average Bonchev–Trinajstić information content (AvgIpc) is 2.96. The number of benzene rings is 3. The molecule has 33 heavy (non-hydrogen) atoms. The summed E-state index contributed by atoms with van der Waals surface area (Å²) in [6.07, 6.45) is 0.505. The van der Waals surface area contributed by atoms with Crippen LogP contribution in [0.25, 0.3) is 0 Å². The smallest absolute Gasteiger partial charge is 0.260 e. The van der Waals surface area contributed by atoms with Crippen molar-refractivity contribution < 1.29 is 13.9 Å². The Balaban J connectivity index is 1.52. The minimum Gasteiger partial charge on any atom is -0.372 e. The van der Waals surface area contributed by atoms with E-state index in [1.54, 1.807) is 6.07 Å². The van der Waals surface area contributed by atoms with Crippen LogP contribution in [0.3, 0.4) is 0 Å². The van der Waals surface area contributed by atoms with Crippen LogP contribution in [0.1, 0.15) is 34.0 Å². The zero-order valence-electron chi connectivity index (χ0n) is 19.1. The van der Waals surface area contributed by atoms with Gasteiger partial charge in [0.05, 0.1) is 18.3 Å². The van der Waals surface area contributed by atoms with E-state index in [-0.39, 0.29) is 17.8 Å². The summed E-state index contributed by atoms with van der Waals surface area (Å²) in [6.45, 7) is 2.48. The molecule has 1 heterocycles. The summed E-state index contributed by atoms with van der Waals surface area (Å²) in [4.78, 5) is 17.3. The molecule has 1 amide bonds. The van der Waals surface area contributed by atoms with Gasteiger partial charge in [-0.2, -0.15) is 0 Å². The number of nitrogens with one attached hydrogen (secondary N) is 1. The number of rotatable bonds is 8. The second-order valence-electron chi connectivity index (χ2n) is 8.31. The first-order chi connectivity index (χ1) is 16.1. The van der Waals surface area contributed by atoms with Gasteiger partial charge in [-0.05, 0) is 67.5 Å². The summed E-state index contributed by atoms with van der Waals surface area (Å²) in [5.74, 6) is -0.267. The van der Waals surface area contributed by atoms with Gasteiger partial charge in [-0.1, -0.05) is 36.4 Å². The van der Waals surface area contributed by atoms with Crippen LogP contribution in [0, 0.1) is 5.82 Å². The summed E-state index contributed by atoms with van der Waals surface area (Å²) in [7, 11) is 3.90.